The normalized spacial score (nSPS) is 12.2. The van der Waals surface area contributed by atoms with Crippen molar-refractivity contribution in [1.82, 2.24) is 0 Å². The van der Waals surface area contributed by atoms with Gasteiger partial charge in [-0.2, -0.15) is 0 Å². The molecule has 0 fully saturated rings. The van der Waals surface area contributed by atoms with Crippen LogP contribution in [0, 0.1) is 13.8 Å². The van der Waals surface area contributed by atoms with Crippen molar-refractivity contribution in [3.8, 4) is 0 Å². The van der Waals surface area contributed by atoms with E-state index in [1.165, 1.54) is 0 Å². The third-order valence-corrected chi connectivity index (χ3v) is 4.52. The Kier molecular flexibility index (Phi) is 4.90. The lowest BCUT2D eigenvalue weighted by atomic mass is 10.0. The summed E-state index contributed by atoms with van der Waals surface area (Å²) in [5, 5.41) is 0.597. The van der Waals surface area contributed by atoms with Gasteiger partial charge >= 0.3 is 0 Å². The Bertz CT molecular complexity index is 619. The minimum absolute atomic E-state index is 0.114. The zero-order valence-electron chi connectivity index (χ0n) is 11.8. The minimum atomic E-state index is -0.114. The highest BCUT2D eigenvalue weighted by molar-refractivity contribution is 8.00. The van der Waals surface area contributed by atoms with Gasteiger partial charge in [-0.25, -0.2) is 0 Å². The van der Waals surface area contributed by atoms with E-state index in [0.717, 1.165) is 21.6 Å². The highest BCUT2D eigenvalue weighted by Gasteiger charge is 2.18. The molecule has 1 unspecified atom stereocenters. The van der Waals surface area contributed by atoms with Gasteiger partial charge in [0.1, 0.15) is 0 Å². The Balaban J connectivity index is 2.16. The van der Waals surface area contributed by atoms with Crippen LogP contribution in [0.15, 0.2) is 47.4 Å². The molecular weight excluding hydrogens is 288 g/mol. The van der Waals surface area contributed by atoms with Crippen LogP contribution in [0.1, 0.15) is 28.4 Å². The second-order valence-corrected chi connectivity index (χ2v) is 6.75. The number of hydrogen-bond donors (Lipinski definition) is 0. The van der Waals surface area contributed by atoms with Crippen LogP contribution in [-0.2, 0) is 0 Å². The molecule has 2 rings (SSSR count). The standard InChI is InChI=1S/C17H17ClOS/c1-11-4-5-12(2)16(10-11)17(19)13(3)20-15-8-6-14(18)7-9-15/h4-10,13H,1-3H3. The number of ketones is 1. The van der Waals surface area contributed by atoms with Gasteiger partial charge in [-0.15, -0.1) is 11.8 Å². The van der Waals surface area contributed by atoms with Crippen LogP contribution in [0.5, 0.6) is 0 Å². The molecule has 0 aliphatic heterocycles. The lowest BCUT2D eigenvalue weighted by Crippen LogP contribution is -2.15. The summed E-state index contributed by atoms with van der Waals surface area (Å²) in [5.41, 5.74) is 2.96. The van der Waals surface area contributed by atoms with Crippen molar-refractivity contribution in [1.29, 1.82) is 0 Å². The number of thioether (sulfide) groups is 1. The molecule has 0 heterocycles. The van der Waals surface area contributed by atoms with Crippen LogP contribution in [0.3, 0.4) is 0 Å². The molecule has 0 amide bonds. The Labute approximate surface area is 129 Å². The van der Waals surface area contributed by atoms with Gasteiger partial charge in [0.2, 0.25) is 0 Å². The van der Waals surface area contributed by atoms with Crippen molar-refractivity contribution in [2.45, 2.75) is 30.9 Å². The third kappa shape index (κ3) is 3.65. The zero-order valence-corrected chi connectivity index (χ0v) is 13.4. The van der Waals surface area contributed by atoms with Crippen LogP contribution in [0.2, 0.25) is 5.02 Å². The number of Topliss-reactive ketones (excluding diaryl/α,β-unsaturated/α-hetero) is 1. The molecule has 2 aromatic rings. The molecule has 3 heteroatoms. The predicted octanol–water partition coefficient (Wildman–Crippen LogP) is 5.32. The largest absolute Gasteiger partial charge is 0.293 e. The number of aryl methyl sites for hydroxylation is 2. The van der Waals surface area contributed by atoms with E-state index in [1.54, 1.807) is 11.8 Å². The van der Waals surface area contributed by atoms with Gasteiger partial charge in [0, 0.05) is 15.5 Å². The number of carbonyl (C=O) groups is 1. The highest BCUT2D eigenvalue weighted by Crippen LogP contribution is 2.27. The summed E-state index contributed by atoms with van der Waals surface area (Å²) in [4.78, 5) is 13.6. The van der Waals surface area contributed by atoms with Gasteiger partial charge in [-0.1, -0.05) is 29.3 Å². The van der Waals surface area contributed by atoms with Crippen molar-refractivity contribution in [2.75, 3.05) is 0 Å². The first-order chi connectivity index (χ1) is 9.47. The number of hydrogen-bond acceptors (Lipinski definition) is 2. The molecule has 0 radical (unpaired) electrons. The number of rotatable bonds is 4. The molecule has 104 valence electrons. The van der Waals surface area contributed by atoms with Crippen LogP contribution >= 0.6 is 23.4 Å². The van der Waals surface area contributed by atoms with Gasteiger partial charge in [0.05, 0.1) is 5.25 Å². The molecule has 2 aromatic carbocycles. The summed E-state index contributed by atoms with van der Waals surface area (Å²) in [5.74, 6) is 0.172. The van der Waals surface area contributed by atoms with Crippen molar-refractivity contribution in [2.24, 2.45) is 0 Å². The molecule has 0 aliphatic rings. The topological polar surface area (TPSA) is 17.1 Å². The first-order valence-corrected chi connectivity index (χ1v) is 7.77. The molecule has 20 heavy (non-hydrogen) atoms. The van der Waals surface area contributed by atoms with Crippen LogP contribution in [0.25, 0.3) is 0 Å². The molecule has 0 saturated carbocycles. The lowest BCUT2D eigenvalue weighted by molar-refractivity contribution is 0.0993. The van der Waals surface area contributed by atoms with E-state index in [4.69, 9.17) is 11.6 Å². The van der Waals surface area contributed by atoms with Gasteiger partial charge in [-0.3, -0.25) is 4.79 Å². The summed E-state index contributed by atoms with van der Waals surface area (Å²) >= 11 is 7.43. The van der Waals surface area contributed by atoms with Crippen molar-refractivity contribution >= 4 is 29.1 Å². The molecule has 0 aromatic heterocycles. The monoisotopic (exact) mass is 304 g/mol. The summed E-state index contributed by atoms with van der Waals surface area (Å²) in [6.45, 7) is 5.93. The second-order valence-electron chi connectivity index (χ2n) is 4.90. The van der Waals surface area contributed by atoms with Gasteiger partial charge < -0.3 is 0 Å². The van der Waals surface area contributed by atoms with Crippen LogP contribution < -0.4 is 0 Å². The second kappa shape index (κ2) is 6.47. The maximum absolute atomic E-state index is 12.5. The number of benzene rings is 2. The highest BCUT2D eigenvalue weighted by atomic mass is 35.5. The van der Waals surface area contributed by atoms with Crippen LogP contribution in [-0.4, -0.2) is 11.0 Å². The molecule has 0 bridgehead atoms. The van der Waals surface area contributed by atoms with Gasteiger partial charge in [-0.05, 0) is 56.7 Å². The van der Waals surface area contributed by atoms with E-state index in [0.29, 0.717) is 5.02 Å². The molecule has 1 nitrogen and oxygen atoms in total. The zero-order chi connectivity index (χ0) is 14.7. The SMILES string of the molecule is Cc1ccc(C)c(C(=O)C(C)Sc2ccc(Cl)cc2)c1. The molecule has 0 N–H and O–H groups in total. The van der Waals surface area contributed by atoms with E-state index < -0.39 is 0 Å². The summed E-state index contributed by atoms with van der Waals surface area (Å²) < 4.78 is 0. The average molecular weight is 305 g/mol. The average Bonchev–Trinajstić information content (AvgIpc) is 2.43. The Morgan fingerprint density at radius 1 is 1.10 bits per heavy atom. The smallest absolute Gasteiger partial charge is 0.176 e. The van der Waals surface area contributed by atoms with Crippen molar-refractivity contribution in [3.05, 3.63) is 64.2 Å². The lowest BCUT2D eigenvalue weighted by Gasteiger charge is -2.13. The molecule has 0 spiro atoms. The quantitative estimate of drug-likeness (QED) is 0.561. The van der Waals surface area contributed by atoms with Gasteiger partial charge in [0.15, 0.2) is 5.78 Å². The Morgan fingerprint density at radius 3 is 2.40 bits per heavy atom. The summed E-state index contributed by atoms with van der Waals surface area (Å²) in [7, 11) is 0. The first-order valence-electron chi connectivity index (χ1n) is 6.51. The molecule has 0 aliphatic carbocycles. The van der Waals surface area contributed by atoms with Crippen molar-refractivity contribution < 1.29 is 4.79 Å². The molecule has 1 atom stereocenters. The first kappa shape index (κ1) is 15.1. The van der Waals surface area contributed by atoms with E-state index >= 15 is 0 Å². The number of halogens is 1. The van der Waals surface area contributed by atoms with E-state index in [2.05, 4.69) is 0 Å². The fourth-order valence-corrected chi connectivity index (χ4v) is 3.05. The van der Waals surface area contributed by atoms with E-state index in [-0.39, 0.29) is 11.0 Å². The summed E-state index contributed by atoms with van der Waals surface area (Å²) in [6.07, 6.45) is 0. The Hall–Kier alpha value is -1.25. The minimum Gasteiger partial charge on any atom is -0.293 e. The fraction of sp³-hybridized carbons (Fsp3) is 0.235. The van der Waals surface area contributed by atoms with E-state index in [9.17, 15) is 4.79 Å². The Morgan fingerprint density at radius 2 is 1.75 bits per heavy atom. The number of carbonyl (C=O) groups excluding carboxylic acids is 1. The third-order valence-electron chi connectivity index (χ3n) is 3.15. The predicted molar refractivity (Wildman–Crippen MR) is 87.0 cm³/mol. The van der Waals surface area contributed by atoms with E-state index in [1.807, 2.05) is 63.2 Å². The molecule has 0 saturated heterocycles. The maximum Gasteiger partial charge on any atom is 0.176 e. The maximum atomic E-state index is 12.5. The molecular formula is C17H17ClOS. The fourth-order valence-electron chi connectivity index (χ4n) is 1.99. The van der Waals surface area contributed by atoms with Crippen molar-refractivity contribution in [3.63, 3.8) is 0 Å². The van der Waals surface area contributed by atoms with Gasteiger partial charge in [0.25, 0.3) is 0 Å². The summed E-state index contributed by atoms with van der Waals surface area (Å²) in [6, 6.07) is 13.6. The van der Waals surface area contributed by atoms with Crippen LogP contribution in [0.4, 0.5) is 0 Å².